The summed E-state index contributed by atoms with van der Waals surface area (Å²) >= 11 is 3.27. The number of aliphatic carboxylic acids is 1. The second-order valence-electron chi connectivity index (χ2n) is 4.74. The molecule has 0 aliphatic carbocycles. The van der Waals surface area contributed by atoms with Crippen LogP contribution >= 0.6 is 15.9 Å². The van der Waals surface area contributed by atoms with E-state index in [1.165, 1.54) is 20.3 Å². The van der Waals surface area contributed by atoms with Crippen LogP contribution in [-0.4, -0.2) is 25.3 Å². The van der Waals surface area contributed by atoms with Gasteiger partial charge >= 0.3 is 5.97 Å². The van der Waals surface area contributed by atoms with Crippen LogP contribution in [-0.2, 0) is 10.2 Å². The third kappa shape index (κ3) is 3.18. The zero-order valence-corrected chi connectivity index (χ0v) is 12.8. The van der Waals surface area contributed by atoms with Crippen molar-refractivity contribution in [2.75, 3.05) is 14.2 Å². The normalized spacial score (nSPS) is 11.3. The topological polar surface area (TPSA) is 55.8 Å². The van der Waals surface area contributed by atoms with Gasteiger partial charge in [-0.1, -0.05) is 13.8 Å². The van der Waals surface area contributed by atoms with Crippen molar-refractivity contribution in [3.63, 3.8) is 0 Å². The largest absolute Gasteiger partial charge is 0.493 e. The van der Waals surface area contributed by atoms with E-state index in [2.05, 4.69) is 15.9 Å². The third-order valence-corrected chi connectivity index (χ3v) is 3.59. The zero-order valence-electron chi connectivity index (χ0n) is 11.2. The summed E-state index contributed by atoms with van der Waals surface area (Å²) in [7, 11) is 2.85. The highest BCUT2D eigenvalue weighted by Gasteiger charge is 2.32. The maximum atomic E-state index is 14.2. The van der Waals surface area contributed by atoms with Crippen molar-refractivity contribution in [1.82, 2.24) is 0 Å². The number of carbonyl (C=O) groups is 1. The van der Waals surface area contributed by atoms with Crippen LogP contribution in [0.25, 0.3) is 0 Å². The van der Waals surface area contributed by atoms with Crippen molar-refractivity contribution < 1.29 is 23.8 Å². The van der Waals surface area contributed by atoms with Crippen LogP contribution in [0.3, 0.4) is 0 Å². The zero-order chi connectivity index (χ0) is 14.8. The summed E-state index contributed by atoms with van der Waals surface area (Å²) < 4.78 is 24.8. The molecule has 1 rings (SSSR count). The minimum Gasteiger partial charge on any atom is -0.493 e. The highest BCUT2D eigenvalue weighted by Crippen LogP contribution is 2.44. The molecular formula is C13H16BrFO4. The smallest absolute Gasteiger partial charge is 0.304 e. The molecule has 4 nitrogen and oxygen atoms in total. The molecule has 0 radical (unpaired) electrons. The fraction of sp³-hybridized carbons (Fsp3) is 0.462. The molecule has 0 heterocycles. The molecule has 0 bridgehead atoms. The van der Waals surface area contributed by atoms with Gasteiger partial charge in [-0.3, -0.25) is 4.79 Å². The van der Waals surface area contributed by atoms with Gasteiger partial charge in [-0.25, -0.2) is 4.39 Å². The first-order valence-electron chi connectivity index (χ1n) is 5.56. The van der Waals surface area contributed by atoms with E-state index in [4.69, 9.17) is 14.6 Å². The first kappa shape index (κ1) is 15.8. The summed E-state index contributed by atoms with van der Waals surface area (Å²) in [6.45, 7) is 3.33. The molecule has 1 N–H and O–H groups in total. The fourth-order valence-corrected chi connectivity index (χ4v) is 3.09. The molecule has 0 unspecified atom stereocenters. The van der Waals surface area contributed by atoms with Gasteiger partial charge < -0.3 is 14.6 Å². The molecule has 106 valence electrons. The van der Waals surface area contributed by atoms with E-state index >= 15 is 0 Å². The Hall–Kier alpha value is -1.30. The Morgan fingerprint density at radius 3 is 2.42 bits per heavy atom. The van der Waals surface area contributed by atoms with Crippen molar-refractivity contribution >= 4 is 21.9 Å². The van der Waals surface area contributed by atoms with Crippen molar-refractivity contribution in [3.05, 3.63) is 21.9 Å². The second kappa shape index (κ2) is 5.77. The first-order valence-corrected chi connectivity index (χ1v) is 6.36. The summed E-state index contributed by atoms with van der Waals surface area (Å²) in [5.41, 5.74) is -0.624. The van der Waals surface area contributed by atoms with E-state index in [0.717, 1.165) is 0 Å². The number of carboxylic acids is 1. The molecule has 0 atom stereocenters. The highest BCUT2D eigenvalue weighted by molar-refractivity contribution is 9.10. The minimum atomic E-state index is -0.994. The van der Waals surface area contributed by atoms with Gasteiger partial charge in [0.1, 0.15) is 5.82 Å². The molecule has 0 amide bonds. The number of hydrogen-bond donors (Lipinski definition) is 1. The molecule has 0 aliphatic heterocycles. The Kier molecular flexibility index (Phi) is 4.79. The average molecular weight is 335 g/mol. The van der Waals surface area contributed by atoms with E-state index in [9.17, 15) is 9.18 Å². The summed E-state index contributed by atoms with van der Waals surface area (Å²) in [6, 6.07) is 1.20. The lowest BCUT2D eigenvalue weighted by atomic mass is 9.81. The van der Waals surface area contributed by atoms with Crippen molar-refractivity contribution in [1.29, 1.82) is 0 Å². The Balaban J connectivity index is 3.48. The van der Waals surface area contributed by atoms with Crippen LogP contribution in [0.5, 0.6) is 11.5 Å². The standard InChI is InChI=1S/C13H16BrFO4/c1-13(2,6-9(16)17)10-7(15)5-8(18-3)12(19-4)11(10)14/h5H,6H2,1-4H3,(H,16,17). The number of hydrogen-bond acceptors (Lipinski definition) is 3. The fourth-order valence-electron chi connectivity index (χ4n) is 2.01. The quantitative estimate of drug-likeness (QED) is 0.897. The molecule has 19 heavy (non-hydrogen) atoms. The van der Waals surface area contributed by atoms with Gasteiger partial charge in [0.15, 0.2) is 11.5 Å². The van der Waals surface area contributed by atoms with Crippen molar-refractivity contribution in [2.24, 2.45) is 0 Å². The number of benzene rings is 1. The van der Waals surface area contributed by atoms with Gasteiger partial charge in [0.25, 0.3) is 0 Å². The lowest BCUT2D eigenvalue weighted by molar-refractivity contribution is -0.138. The highest BCUT2D eigenvalue weighted by atomic mass is 79.9. The van der Waals surface area contributed by atoms with Gasteiger partial charge in [-0.2, -0.15) is 0 Å². The summed E-state index contributed by atoms with van der Waals surface area (Å²) in [4.78, 5) is 10.9. The van der Waals surface area contributed by atoms with Crippen LogP contribution in [0.4, 0.5) is 4.39 Å². The number of halogens is 2. The molecule has 1 aromatic carbocycles. The van der Waals surface area contributed by atoms with Gasteiger partial charge in [-0.15, -0.1) is 0 Å². The second-order valence-corrected chi connectivity index (χ2v) is 5.53. The van der Waals surface area contributed by atoms with E-state index < -0.39 is 17.2 Å². The van der Waals surface area contributed by atoms with Crippen LogP contribution in [0.2, 0.25) is 0 Å². The van der Waals surface area contributed by atoms with E-state index in [1.807, 2.05) is 0 Å². The summed E-state index contributed by atoms with van der Waals surface area (Å²) in [5.74, 6) is -0.930. The molecule has 0 spiro atoms. The minimum absolute atomic E-state index is 0.196. The van der Waals surface area contributed by atoms with Crippen LogP contribution in [0, 0.1) is 5.82 Å². The van der Waals surface area contributed by atoms with Gasteiger partial charge in [0.2, 0.25) is 0 Å². The number of carboxylic acid groups (broad SMARTS) is 1. The third-order valence-electron chi connectivity index (χ3n) is 2.83. The lowest BCUT2D eigenvalue weighted by Gasteiger charge is -2.26. The van der Waals surface area contributed by atoms with Crippen molar-refractivity contribution in [2.45, 2.75) is 25.7 Å². The molecule has 1 aromatic rings. The van der Waals surface area contributed by atoms with Gasteiger partial charge in [-0.05, 0) is 15.9 Å². The number of ether oxygens (including phenoxy) is 2. The molecule has 0 fully saturated rings. The number of rotatable bonds is 5. The van der Waals surface area contributed by atoms with E-state index in [0.29, 0.717) is 10.2 Å². The van der Waals surface area contributed by atoms with E-state index in [-0.39, 0.29) is 17.7 Å². The molecule has 0 aliphatic rings. The predicted octanol–water partition coefficient (Wildman–Crippen LogP) is 3.36. The molecule has 6 heteroatoms. The Morgan fingerprint density at radius 1 is 1.42 bits per heavy atom. The molecule has 0 saturated carbocycles. The van der Waals surface area contributed by atoms with Crippen molar-refractivity contribution in [3.8, 4) is 11.5 Å². The SMILES string of the molecule is COc1cc(F)c(C(C)(C)CC(=O)O)c(Br)c1OC. The lowest BCUT2D eigenvalue weighted by Crippen LogP contribution is -2.24. The maximum absolute atomic E-state index is 14.2. The number of methoxy groups -OCH3 is 2. The monoisotopic (exact) mass is 334 g/mol. The molecular weight excluding hydrogens is 319 g/mol. The van der Waals surface area contributed by atoms with E-state index in [1.54, 1.807) is 13.8 Å². The van der Waals surface area contributed by atoms with Gasteiger partial charge in [0.05, 0.1) is 25.1 Å². The summed E-state index contributed by atoms with van der Waals surface area (Å²) in [6.07, 6.45) is -0.196. The Morgan fingerprint density at radius 2 is 2.00 bits per heavy atom. The Bertz CT molecular complexity index is 500. The Labute approximate surface area is 119 Å². The van der Waals surface area contributed by atoms with Gasteiger partial charge in [0, 0.05) is 17.0 Å². The molecule has 0 aromatic heterocycles. The summed E-state index contributed by atoms with van der Waals surface area (Å²) in [5, 5.41) is 8.93. The van der Waals surface area contributed by atoms with Crippen LogP contribution < -0.4 is 9.47 Å². The predicted molar refractivity (Wildman–Crippen MR) is 72.5 cm³/mol. The maximum Gasteiger partial charge on any atom is 0.304 e. The first-order chi connectivity index (χ1) is 8.74. The van der Waals surface area contributed by atoms with Crippen LogP contribution in [0.15, 0.2) is 10.5 Å². The van der Waals surface area contributed by atoms with Crippen LogP contribution in [0.1, 0.15) is 25.8 Å². The molecule has 0 saturated heterocycles. The average Bonchev–Trinajstić information content (AvgIpc) is 2.25.